The second kappa shape index (κ2) is 7.64. The van der Waals surface area contributed by atoms with Crippen LogP contribution in [0.2, 0.25) is 0 Å². The van der Waals surface area contributed by atoms with Crippen LogP contribution < -0.4 is 14.8 Å². The lowest BCUT2D eigenvalue weighted by Gasteiger charge is -2.14. The van der Waals surface area contributed by atoms with Crippen LogP contribution in [0, 0.1) is 0 Å². The molecule has 0 radical (unpaired) electrons. The van der Waals surface area contributed by atoms with E-state index in [0.717, 1.165) is 0 Å². The Morgan fingerprint density at radius 2 is 2.00 bits per heavy atom. The summed E-state index contributed by atoms with van der Waals surface area (Å²) in [6.07, 6.45) is 0. The Labute approximate surface area is 115 Å². The minimum atomic E-state index is -2.95. The van der Waals surface area contributed by atoms with Gasteiger partial charge >= 0.3 is 6.61 Å². The summed E-state index contributed by atoms with van der Waals surface area (Å²) in [4.78, 5) is 11.9. The van der Waals surface area contributed by atoms with Crippen LogP contribution >= 0.6 is 0 Å². The van der Waals surface area contributed by atoms with Crippen LogP contribution in [0.25, 0.3) is 0 Å². The highest BCUT2D eigenvalue weighted by Crippen LogP contribution is 2.29. The van der Waals surface area contributed by atoms with Gasteiger partial charge in [-0.1, -0.05) is 0 Å². The predicted octanol–water partition coefficient (Wildman–Crippen LogP) is 2.06. The van der Waals surface area contributed by atoms with Crippen LogP contribution in [0.5, 0.6) is 11.5 Å². The van der Waals surface area contributed by atoms with Gasteiger partial charge in [0.2, 0.25) is 0 Å². The lowest BCUT2D eigenvalue weighted by molar-refractivity contribution is -0.0512. The van der Waals surface area contributed by atoms with E-state index in [1.807, 2.05) is 0 Å². The molecule has 0 spiro atoms. The molecule has 7 heteroatoms. The summed E-state index contributed by atoms with van der Waals surface area (Å²) >= 11 is 0. The van der Waals surface area contributed by atoms with Gasteiger partial charge in [-0.25, -0.2) is 0 Å². The number of nitrogens with one attached hydrogen (secondary N) is 1. The van der Waals surface area contributed by atoms with Crippen LogP contribution in [-0.2, 0) is 4.74 Å². The number of carbonyl (C=O) groups is 1. The summed E-state index contributed by atoms with van der Waals surface area (Å²) in [7, 11) is 2.84. The molecule has 0 bridgehead atoms. The number of carbonyl (C=O) groups excluding carboxylic acids is 1. The van der Waals surface area contributed by atoms with Gasteiger partial charge in [0, 0.05) is 18.7 Å². The predicted molar refractivity (Wildman–Crippen MR) is 68.4 cm³/mol. The lowest BCUT2D eigenvalue weighted by Crippen LogP contribution is -2.35. The largest absolute Gasteiger partial charge is 0.493 e. The number of benzene rings is 1. The van der Waals surface area contributed by atoms with E-state index in [1.165, 1.54) is 32.4 Å². The first-order chi connectivity index (χ1) is 9.47. The molecule has 0 aliphatic rings. The number of rotatable bonds is 7. The second-order valence-electron chi connectivity index (χ2n) is 4.07. The topological polar surface area (TPSA) is 56.8 Å². The fraction of sp³-hybridized carbons (Fsp3) is 0.462. The van der Waals surface area contributed by atoms with Crippen molar-refractivity contribution in [2.75, 3.05) is 20.8 Å². The minimum Gasteiger partial charge on any atom is -0.493 e. The summed E-state index contributed by atoms with van der Waals surface area (Å²) in [5, 5.41) is 2.70. The zero-order valence-electron chi connectivity index (χ0n) is 11.5. The van der Waals surface area contributed by atoms with E-state index in [4.69, 9.17) is 9.47 Å². The third kappa shape index (κ3) is 4.65. The minimum absolute atomic E-state index is 0.0670. The summed E-state index contributed by atoms with van der Waals surface area (Å²) < 4.78 is 38.5. The maximum Gasteiger partial charge on any atom is 0.387 e. The molecule has 0 fully saturated rings. The SMILES string of the molecule is COC[C@H](C)NC(=O)c1ccc(OC(F)F)c(OC)c1. The molecule has 0 aromatic heterocycles. The summed E-state index contributed by atoms with van der Waals surface area (Å²) in [6, 6.07) is 3.82. The molecule has 0 aliphatic carbocycles. The zero-order chi connectivity index (χ0) is 15.1. The first-order valence-corrected chi connectivity index (χ1v) is 5.90. The first-order valence-electron chi connectivity index (χ1n) is 5.90. The average molecular weight is 289 g/mol. The summed E-state index contributed by atoms with van der Waals surface area (Å²) in [5.74, 6) is -0.405. The van der Waals surface area contributed by atoms with Gasteiger partial charge in [-0.2, -0.15) is 8.78 Å². The number of ether oxygens (including phenoxy) is 3. The van der Waals surface area contributed by atoms with Crippen LogP contribution in [0.1, 0.15) is 17.3 Å². The number of alkyl halides is 2. The molecule has 20 heavy (non-hydrogen) atoms. The molecule has 0 aliphatic heterocycles. The van der Waals surface area contributed by atoms with Crippen molar-refractivity contribution >= 4 is 5.91 Å². The Morgan fingerprint density at radius 3 is 2.55 bits per heavy atom. The van der Waals surface area contributed by atoms with Gasteiger partial charge in [0.05, 0.1) is 13.7 Å². The van der Waals surface area contributed by atoms with Crippen molar-refractivity contribution in [2.45, 2.75) is 19.6 Å². The van der Waals surface area contributed by atoms with Gasteiger partial charge in [0.25, 0.3) is 5.91 Å². The normalized spacial score (nSPS) is 12.1. The molecule has 5 nitrogen and oxygen atoms in total. The van der Waals surface area contributed by atoms with Crippen LogP contribution in [0.3, 0.4) is 0 Å². The maximum absolute atomic E-state index is 12.2. The van der Waals surface area contributed by atoms with E-state index in [-0.39, 0.29) is 29.0 Å². The van der Waals surface area contributed by atoms with E-state index < -0.39 is 6.61 Å². The van der Waals surface area contributed by atoms with Gasteiger partial charge in [-0.15, -0.1) is 0 Å². The molecule has 1 aromatic rings. The van der Waals surface area contributed by atoms with E-state index in [1.54, 1.807) is 6.92 Å². The molecule has 0 heterocycles. The summed E-state index contributed by atoms with van der Waals surface area (Å²) in [6.45, 7) is -0.798. The number of amides is 1. The van der Waals surface area contributed by atoms with Crippen molar-refractivity contribution in [3.63, 3.8) is 0 Å². The van der Waals surface area contributed by atoms with Crippen molar-refractivity contribution in [1.29, 1.82) is 0 Å². The van der Waals surface area contributed by atoms with E-state index in [2.05, 4.69) is 10.1 Å². The van der Waals surface area contributed by atoms with Crippen LogP contribution in [0.15, 0.2) is 18.2 Å². The second-order valence-corrected chi connectivity index (χ2v) is 4.07. The fourth-order valence-corrected chi connectivity index (χ4v) is 1.60. The van der Waals surface area contributed by atoms with Crippen molar-refractivity contribution in [2.24, 2.45) is 0 Å². The Hall–Kier alpha value is -1.89. The van der Waals surface area contributed by atoms with Gasteiger partial charge in [-0.05, 0) is 25.1 Å². The standard InChI is InChI=1S/C13H17F2NO4/c1-8(7-18-2)16-12(17)9-4-5-10(20-13(14)15)11(6-9)19-3/h4-6,8,13H,7H2,1-3H3,(H,16,17)/t8-/m0/s1. The van der Waals surface area contributed by atoms with Crippen molar-refractivity contribution in [1.82, 2.24) is 5.32 Å². The lowest BCUT2D eigenvalue weighted by atomic mass is 10.1. The molecule has 1 amide bonds. The van der Waals surface area contributed by atoms with E-state index in [0.29, 0.717) is 6.61 Å². The molecule has 0 saturated heterocycles. The van der Waals surface area contributed by atoms with Crippen molar-refractivity contribution in [3.05, 3.63) is 23.8 Å². The highest BCUT2D eigenvalue weighted by Gasteiger charge is 2.15. The fourth-order valence-electron chi connectivity index (χ4n) is 1.60. The third-order valence-electron chi connectivity index (χ3n) is 2.44. The van der Waals surface area contributed by atoms with E-state index >= 15 is 0 Å². The number of hydrogen-bond acceptors (Lipinski definition) is 4. The Bertz CT molecular complexity index is 454. The van der Waals surface area contributed by atoms with Crippen molar-refractivity contribution < 1.29 is 27.8 Å². The highest BCUT2D eigenvalue weighted by molar-refractivity contribution is 5.95. The molecule has 1 N–H and O–H groups in total. The number of hydrogen-bond donors (Lipinski definition) is 1. The molecule has 112 valence electrons. The Balaban J connectivity index is 2.83. The van der Waals surface area contributed by atoms with Gasteiger partial charge in [0.15, 0.2) is 11.5 Å². The van der Waals surface area contributed by atoms with Crippen LogP contribution in [-0.4, -0.2) is 39.4 Å². The molecule has 1 rings (SSSR count). The summed E-state index contributed by atoms with van der Waals surface area (Å²) in [5.41, 5.74) is 0.284. The molecule has 1 aromatic carbocycles. The molecule has 0 saturated carbocycles. The van der Waals surface area contributed by atoms with Gasteiger partial charge in [0.1, 0.15) is 0 Å². The Morgan fingerprint density at radius 1 is 1.30 bits per heavy atom. The quantitative estimate of drug-likeness (QED) is 0.835. The monoisotopic (exact) mass is 289 g/mol. The smallest absolute Gasteiger partial charge is 0.387 e. The first kappa shape index (κ1) is 16.2. The van der Waals surface area contributed by atoms with E-state index in [9.17, 15) is 13.6 Å². The maximum atomic E-state index is 12.2. The Kier molecular flexibility index (Phi) is 6.17. The molecule has 1 atom stereocenters. The molecule has 0 unspecified atom stereocenters. The van der Waals surface area contributed by atoms with Crippen LogP contribution in [0.4, 0.5) is 8.78 Å². The average Bonchev–Trinajstić information content (AvgIpc) is 2.38. The van der Waals surface area contributed by atoms with Crippen molar-refractivity contribution in [3.8, 4) is 11.5 Å². The third-order valence-corrected chi connectivity index (χ3v) is 2.44. The highest BCUT2D eigenvalue weighted by atomic mass is 19.3. The van der Waals surface area contributed by atoms with Gasteiger partial charge < -0.3 is 19.5 Å². The number of halogens is 2. The molecular formula is C13H17F2NO4. The number of methoxy groups -OCH3 is 2. The van der Waals surface area contributed by atoms with Gasteiger partial charge in [-0.3, -0.25) is 4.79 Å². The molecular weight excluding hydrogens is 272 g/mol. The zero-order valence-corrected chi connectivity index (χ0v) is 11.5.